The molecule has 0 aromatic heterocycles. The number of benzene rings is 1. The number of rotatable bonds is 10. The van der Waals surface area contributed by atoms with Crippen molar-refractivity contribution in [3.63, 3.8) is 0 Å². The first-order chi connectivity index (χ1) is 15.3. The molecule has 0 spiro atoms. The molecule has 2 rings (SSSR count). The molecule has 1 aliphatic heterocycles. The van der Waals surface area contributed by atoms with Gasteiger partial charge in [-0.3, -0.25) is 19.7 Å². The first-order valence-corrected chi connectivity index (χ1v) is 11.3. The molecular formula is C22H35N2O7P. The lowest BCUT2D eigenvalue weighted by molar-refractivity contribution is -0.140. The Balaban J connectivity index is 0.00000104. The summed E-state index contributed by atoms with van der Waals surface area (Å²) >= 11 is 0. The Morgan fingerprint density at radius 3 is 2.47 bits per heavy atom. The van der Waals surface area contributed by atoms with Crippen molar-refractivity contribution in [1.82, 2.24) is 10.2 Å². The summed E-state index contributed by atoms with van der Waals surface area (Å²) in [6, 6.07) is 9.49. The Kier molecular flexibility index (Phi) is 16.7. The van der Waals surface area contributed by atoms with Crippen LogP contribution in [0.4, 0.5) is 0 Å². The minimum absolute atomic E-state index is 0.00141. The maximum absolute atomic E-state index is 11.2. The van der Waals surface area contributed by atoms with Crippen LogP contribution in [0.15, 0.2) is 42.6 Å². The van der Waals surface area contributed by atoms with E-state index in [0.717, 1.165) is 18.6 Å². The van der Waals surface area contributed by atoms with Gasteiger partial charge in [-0.25, -0.2) is 0 Å². The highest BCUT2D eigenvalue weighted by atomic mass is 31.1. The van der Waals surface area contributed by atoms with E-state index in [1.54, 1.807) is 24.9 Å². The van der Waals surface area contributed by atoms with Crippen LogP contribution < -0.4 is 9.84 Å². The summed E-state index contributed by atoms with van der Waals surface area (Å²) in [5.74, 6) is -0.659. The third-order valence-electron chi connectivity index (χ3n) is 3.93. The third-order valence-corrected chi connectivity index (χ3v) is 4.53. The summed E-state index contributed by atoms with van der Waals surface area (Å²) in [6.45, 7) is 7.75. The lowest BCUT2D eigenvalue weighted by atomic mass is 10.2. The number of carbonyl (C=O) groups excluding carboxylic acids is 2. The van der Waals surface area contributed by atoms with E-state index in [4.69, 9.17) is 18.9 Å². The van der Waals surface area contributed by atoms with E-state index in [2.05, 4.69) is 0 Å². The van der Waals surface area contributed by atoms with Gasteiger partial charge in [-0.15, -0.1) is 0 Å². The van der Waals surface area contributed by atoms with E-state index >= 15 is 0 Å². The van der Waals surface area contributed by atoms with Crippen LogP contribution in [0.2, 0.25) is 0 Å². The summed E-state index contributed by atoms with van der Waals surface area (Å²) in [6.07, 6.45) is 4.83. The number of nitrogens with zero attached hydrogens (tertiary/aromatic N) is 1. The summed E-state index contributed by atoms with van der Waals surface area (Å²) < 4.78 is 16.9. The number of carbonyl (C=O) groups is 3. The van der Waals surface area contributed by atoms with E-state index in [1.807, 2.05) is 56.5 Å². The van der Waals surface area contributed by atoms with Gasteiger partial charge in [0.15, 0.2) is 0 Å². The highest BCUT2D eigenvalue weighted by Crippen LogP contribution is 2.26. The maximum Gasteiger partial charge on any atom is 0.305 e. The zero-order valence-corrected chi connectivity index (χ0v) is 20.3. The van der Waals surface area contributed by atoms with Crippen LogP contribution in [0.5, 0.6) is 5.75 Å². The fraction of sp³-hybridized carbons (Fsp3) is 0.500. The smallest absolute Gasteiger partial charge is 0.305 e. The Hall–Kier alpha value is -2.48. The van der Waals surface area contributed by atoms with E-state index in [9.17, 15) is 14.4 Å². The number of ether oxygens (including phenoxy) is 1. The van der Waals surface area contributed by atoms with Crippen LogP contribution in [-0.2, 0) is 23.6 Å². The summed E-state index contributed by atoms with van der Waals surface area (Å²) in [4.78, 5) is 32.8. The standard InChI is InChI=1S/C16H21N2O5P.C4H8O2.C2H6/c1-18(10-9-15(20)17-12-19)16-8-7-14(22-16)11-21-24-23-13-5-3-2-4-6-13;1-3(2)4(5)6;1-2/h2-6,9-10,12,14,16,24H,7-8,11H2,1H3,(H,17,19,20);3H,1-2H3,(H,5,6);1-2H3/b10-9-;;. The van der Waals surface area contributed by atoms with Crippen molar-refractivity contribution < 1.29 is 33.3 Å². The van der Waals surface area contributed by atoms with Gasteiger partial charge in [-0.2, -0.15) is 0 Å². The Morgan fingerprint density at radius 1 is 1.28 bits per heavy atom. The van der Waals surface area contributed by atoms with Crippen molar-refractivity contribution in [2.75, 3.05) is 13.7 Å². The van der Waals surface area contributed by atoms with Crippen molar-refractivity contribution in [1.29, 1.82) is 0 Å². The van der Waals surface area contributed by atoms with Crippen LogP contribution in [0.1, 0.15) is 40.5 Å². The molecule has 0 aliphatic carbocycles. The number of hydrogen-bond donors (Lipinski definition) is 2. The monoisotopic (exact) mass is 470 g/mol. The second kappa shape index (κ2) is 18.1. The van der Waals surface area contributed by atoms with Gasteiger partial charge in [0.25, 0.3) is 5.91 Å². The number of carboxylic acids is 1. The second-order valence-corrected chi connectivity index (χ2v) is 7.36. The number of nitrogens with one attached hydrogen (secondary N) is 1. The normalized spacial score (nSPS) is 17.3. The molecule has 1 aliphatic rings. The number of carboxylic acid groups (broad SMARTS) is 1. The minimum atomic E-state index is -0.741. The molecule has 0 radical (unpaired) electrons. The zero-order valence-electron chi connectivity index (χ0n) is 19.3. The highest BCUT2D eigenvalue weighted by molar-refractivity contribution is 7.26. The molecule has 2 amide bonds. The van der Waals surface area contributed by atoms with Crippen LogP contribution in [0, 0.1) is 5.92 Å². The Bertz CT molecular complexity index is 686. The van der Waals surface area contributed by atoms with Gasteiger partial charge in [-0.05, 0) is 25.0 Å². The zero-order chi connectivity index (χ0) is 24.4. The quantitative estimate of drug-likeness (QED) is 0.231. The first kappa shape index (κ1) is 29.5. The molecule has 180 valence electrons. The molecular weight excluding hydrogens is 435 g/mol. The van der Waals surface area contributed by atoms with E-state index in [-0.39, 0.29) is 27.3 Å². The number of aliphatic carboxylic acids is 1. The van der Waals surface area contributed by atoms with E-state index in [0.29, 0.717) is 13.0 Å². The van der Waals surface area contributed by atoms with Gasteiger partial charge in [-0.1, -0.05) is 45.9 Å². The van der Waals surface area contributed by atoms with Crippen molar-refractivity contribution in [2.24, 2.45) is 5.92 Å². The lowest BCUT2D eigenvalue weighted by Crippen LogP contribution is -2.29. The van der Waals surface area contributed by atoms with Crippen LogP contribution in [0.3, 0.4) is 0 Å². The van der Waals surface area contributed by atoms with E-state index in [1.165, 1.54) is 6.08 Å². The van der Waals surface area contributed by atoms with Gasteiger partial charge in [0.2, 0.25) is 15.4 Å². The van der Waals surface area contributed by atoms with Gasteiger partial charge in [0.05, 0.1) is 18.6 Å². The average Bonchev–Trinajstić information content (AvgIpc) is 3.27. The number of imide groups is 1. The molecule has 0 bridgehead atoms. The average molecular weight is 471 g/mol. The molecule has 32 heavy (non-hydrogen) atoms. The summed E-state index contributed by atoms with van der Waals surface area (Å²) in [5.41, 5.74) is 0. The van der Waals surface area contributed by atoms with Crippen LogP contribution in [0.25, 0.3) is 0 Å². The maximum atomic E-state index is 11.2. The van der Waals surface area contributed by atoms with Gasteiger partial charge in [0, 0.05) is 19.3 Å². The van der Waals surface area contributed by atoms with Crippen molar-refractivity contribution >= 4 is 27.3 Å². The van der Waals surface area contributed by atoms with Gasteiger partial charge in [0.1, 0.15) is 12.0 Å². The van der Waals surface area contributed by atoms with Gasteiger partial charge >= 0.3 is 5.97 Å². The third kappa shape index (κ3) is 13.7. The predicted octanol–water partition coefficient (Wildman–Crippen LogP) is 3.57. The molecule has 10 heteroatoms. The molecule has 2 N–H and O–H groups in total. The predicted molar refractivity (Wildman–Crippen MR) is 124 cm³/mol. The number of para-hydroxylation sites is 1. The van der Waals surface area contributed by atoms with Crippen molar-refractivity contribution in [3.05, 3.63) is 42.6 Å². The topological polar surface area (TPSA) is 114 Å². The molecule has 1 saturated heterocycles. The Labute approximate surface area is 192 Å². The van der Waals surface area contributed by atoms with Crippen LogP contribution in [-0.4, -0.2) is 54.3 Å². The molecule has 9 nitrogen and oxygen atoms in total. The van der Waals surface area contributed by atoms with Crippen molar-refractivity contribution in [3.8, 4) is 5.75 Å². The van der Waals surface area contributed by atoms with E-state index < -0.39 is 11.9 Å². The molecule has 1 heterocycles. The van der Waals surface area contributed by atoms with Gasteiger partial charge < -0.3 is 23.8 Å². The Morgan fingerprint density at radius 2 is 1.91 bits per heavy atom. The molecule has 1 aromatic carbocycles. The lowest BCUT2D eigenvalue weighted by Gasteiger charge is -2.22. The SMILES string of the molecule is CC.CC(C)C(=O)O.CN(/C=C\C(=O)NC=O)C1CCC(COPOc2ccccc2)O1. The number of amides is 2. The molecule has 0 saturated carbocycles. The summed E-state index contributed by atoms with van der Waals surface area (Å²) in [5, 5.41) is 10.0. The fourth-order valence-corrected chi connectivity index (χ4v) is 2.73. The molecule has 3 atom stereocenters. The number of hydrogen-bond acceptors (Lipinski definition) is 7. The largest absolute Gasteiger partial charge is 0.481 e. The molecule has 1 fully saturated rings. The highest BCUT2D eigenvalue weighted by Gasteiger charge is 2.27. The second-order valence-electron chi connectivity index (χ2n) is 6.70. The summed E-state index contributed by atoms with van der Waals surface area (Å²) in [7, 11) is 1.74. The minimum Gasteiger partial charge on any atom is -0.481 e. The first-order valence-electron chi connectivity index (χ1n) is 10.4. The molecule has 1 aromatic rings. The fourth-order valence-electron chi connectivity index (χ4n) is 2.19. The van der Waals surface area contributed by atoms with Crippen molar-refractivity contribution in [2.45, 2.75) is 52.9 Å². The molecule has 3 unspecified atom stereocenters. The van der Waals surface area contributed by atoms with Crippen LogP contribution >= 0.6 is 9.03 Å².